The Morgan fingerprint density at radius 3 is 2.32 bits per heavy atom. The van der Waals surface area contributed by atoms with Gasteiger partial charge in [0.1, 0.15) is 11.5 Å². The van der Waals surface area contributed by atoms with Gasteiger partial charge in [0.15, 0.2) is 9.84 Å². The van der Waals surface area contributed by atoms with Crippen LogP contribution < -0.4 is 10.1 Å². The summed E-state index contributed by atoms with van der Waals surface area (Å²) in [7, 11) is -2.18. The second kappa shape index (κ2) is 6.94. The molecule has 0 aromatic heterocycles. The quantitative estimate of drug-likeness (QED) is 0.762. The third-order valence-corrected chi connectivity index (χ3v) is 5.39. The molecule has 3 aromatic carbocycles. The number of sulfone groups is 1. The first-order valence-corrected chi connectivity index (χ1v) is 9.29. The predicted molar refractivity (Wildman–Crippen MR) is 97.6 cm³/mol. The number of rotatable bonds is 5. The van der Waals surface area contributed by atoms with Crippen LogP contribution in [0.4, 0.5) is 5.69 Å². The Balaban J connectivity index is 1.75. The average molecular weight is 355 g/mol. The van der Waals surface area contributed by atoms with E-state index < -0.39 is 21.5 Å². The molecule has 3 aromatic rings. The van der Waals surface area contributed by atoms with E-state index in [4.69, 9.17) is 4.74 Å². The first-order valence-electron chi connectivity index (χ1n) is 7.63. The number of benzene rings is 3. The molecule has 128 valence electrons. The summed E-state index contributed by atoms with van der Waals surface area (Å²) in [4.78, 5) is 12.2. The van der Waals surface area contributed by atoms with Crippen LogP contribution in [0.15, 0.2) is 71.6 Å². The summed E-state index contributed by atoms with van der Waals surface area (Å²) in [6.07, 6.45) is 0. The molecule has 0 heterocycles. The van der Waals surface area contributed by atoms with Crippen LogP contribution in [0.5, 0.6) is 5.75 Å². The van der Waals surface area contributed by atoms with Crippen LogP contribution in [0, 0.1) is 0 Å². The first kappa shape index (κ1) is 17.0. The smallest absolute Gasteiger partial charge is 0.239 e. The van der Waals surface area contributed by atoms with Gasteiger partial charge in [0.2, 0.25) is 5.91 Å². The largest absolute Gasteiger partial charge is 0.497 e. The van der Waals surface area contributed by atoms with Gasteiger partial charge in [0.05, 0.1) is 12.0 Å². The topological polar surface area (TPSA) is 72.5 Å². The molecule has 0 saturated carbocycles. The number of hydrogen-bond donors (Lipinski definition) is 1. The molecule has 3 rings (SSSR count). The van der Waals surface area contributed by atoms with Crippen molar-refractivity contribution in [2.24, 2.45) is 0 Å². The van der Waals surface area contributed by atoms with Gasteiger partial charge in [-0.1, -0.05) is 30.3 Å². The van der Waals surface area contributed by atoms with Crippen LogP contribution in [0.25, 0.3) is 10.8 Å². The normalized spacial score (nSPS) is 11.2. The molecule has 6 heteroatoms. The fraction of sp³-hybridized carbons (Fsp3) is 0.105. The number of anilines is 1. The molecule has 0 saturated heterocycles. The maximum atomic E-state index is 12.5. The molecule has 5 nitrogen and oxygen atoms in total. The number of fused-ring (bicyclic) bond motifs is 1. The Bertz CT molecular complexity index is 1010. The lowest BCUT2D eigenvalue weighted by molar-refractivity contribution is -0.113. The summed E-state index contributed by atoms with van der Waals surface area (Å²) in [6, 6.07) is 19.0. The van der Waals surface area contributed by atoms with E-state index in [0.717, 1.165) is 10.8 Å². The standard InChI is InChI=1S/C19H17NO4S/c1-24-17-9-7-16(8-10-17)20-19(21)13-25(22,23)18-11-6-14-4-2-3-5-15(14)12-18/h2-12H,13H2,1H3,(H,20,21). The number of hydrogen-bond acceptors (Lipinski definition) is 4. The Hall–Kier alpha value is -2.86. The van der Waals surface area contributed by atoms with Gasteiger partial charge < -0.3 is 10.1 Å². The third-order valence-electron chi connectivity index (χ3n) is 3.77. The van der Waals surface area contributed by atoms with Crippen LogP contribution in [0.1, 0.15) is 0 Å². The molecule has 25 heavy (non-hydrogen) atoms. The van der Waals surface area contributed by atoms with Gasteiger partial charge in [-0.05, 0) is 47.2 Å². The molecule has 1 N–H and O–H groups in total. The van der Waals surface area contributed by atoms with E-state index in [0.29, 0.717) is 11.4 Å². The average Bonchev–Trinajstić information content (AvgIpc) is 2.61. The van der Waals surface area contributed by atoms with Gasteiger partial charge in [-0.25, -0.2) is 8.42 Å². The van der Waals surface area contributed by atoms with Crippen molar-refractivity contribution in [1.29, 1.82) is 0 Å². The van der Waals surface area contributed by atoms with E-state index in [9.17, 15) is 13.2 Å². The molecule has 0 atom stereocenters. The number of amides is 1. The Morgan fingerprint density at radius 2 is 1.64 bits per heavy atom. The van der Waals surface area contributed by atoms with Gasteiger partial charge in [-0.3, -0.25) is 4.79 Å². The van der Waals surface area contributed by atoms with Crippen molar-refractivity contribution in [3.05, 3.63) is 66.7 Å². The molecule has 0 radical (unpaired) electrons. The van der Waals surface area contributed by atoms with Crippen molar-refractivity contribution >= 4 is 32.2 Å². The van der Waals surface area contributed by atoms with Crippen molar-refractivity contribution in [1.82, 2.24) is 0 Å². The van der Waals surface area contributed by atoms with E-state index in [1.807, 2.05) is 24.3 Å². The molecular formula is C19H17NO4S. The van der Waals surface area contributed by atoms with E-state index in [1.165, 1.54) is 6.07 Å². The summed E-state index contributed by atoms with van der Waals surface area (Å²) in [5.41, 5.74) is 0.513. The van der Waals surface area contributed by atoms with Gasteiger partial charge in [-0.15, -0.1) is 0 Å². The minimum absolute atomic E-state index is 0.135. The number of methoxy groups -OCH3 is 1. The maximum Gasteiger partial charge on any atom is 0.239 e. The Labute approximate surface area is 146 Å². The van der Waals surface area contributed by atoms with Crippen molar-refractivity contribution in [2.45, 2.75) is 4.90 Å². The van der Waals surface area contributed by atoms with Crippen molar-refractivity contribution in [3.63, 3.8) is 0 Å². The van der Waals surface area contributed by atoms with E-state index in [1.54, 1.807) is 43.5 Å². The highest BCUT2D eigenvalue weighted by Crippen LogP contribution is 2.20. The molecular weight excluding hydrogens is 338 g/mol. The molecule has 0 spiro atoms. The van der Waals surface area contributed by atoms with Crippen molar-refractivity contribution < 1.29 is 17.9 Å². The van der Waals surface area contributed by atoms with Crippen LogP contribution >= 0.6 is 0 Å². The number of carbonyl (C=O) groups excluding carboxylic acids is 1. The second-order valence-electron chi connectivity index (χ2n) is 5.54. The lowest BCUT2D eigenvalue weighted by Crippen LogP contribution is -2.23. The lowest BCUT2D eigenvalue weighted by Gasteiger charge is -2.08. The molecule has 0 bridgehead atoms. The molecule has 0 aliphatic rings. The summed E-state index contributed by atoms with van der Waals surface area (Å²) in [5.74, 6) is -0.544. The Morgan fingerprint density at radius 1 is 0.960 bits per heavy atom. The molecule has 0 aliphatic heterocycles. The van der Waals surface area contributed by atoms with E-state index in [2.05, 4.69) is 5.32 Å². The van der Waals surface area contributed by atoms with Gasteiger partial charge >= 0.3 is 0 Å². The molecule has 0 unspecified atom stereocenters. The Kier molecular flexibility index (Phi) is 4.72. The first-order chi connectivity index (χ1) is 12.0. The minimum Gasteiger partial charge on any atom is -0.497 e. The summed E-state index contributed by atoms with van der Waals surface area (Å²) in [6.45, 7) is 0. The number of nitrogens with one attached hydrogen (secondary N) is 1. The summed E-state index contributed by atoms with van der Waals surface area (Å²) in [5, 5.41) is 4.35. The van der Waals surface area contributed by atoms with Crippen LogP contribution in [0.2, 0.25) is 0 Å². The highest BCUT2D eigenvalue weighted by atomic mass is 32.2. The zero-order valence-corrected chi connectivity index (χ0v) is 14.4. The highest BCUT2D eigenvalue weighted by Gasteiger charge is 2.19. The highest BCUT2D eigenvalue weighted by molar-refractivity contribution is 7.92. The molecule has 0 fully saturated rings. The molecule has 1 amide bonds. The van der Waals surface area contributed by atoms with Crippen LogP contribution in [-0.2, 0) is 14.6 Å². The molecule has 0 aliphatic carbocycles. The monoisotopic (exact) mass is 355 g/mol. The van der Waals surface area contributed by atoms with Gasteiger partial charge in [0.25, 0.3) is 0 Å². The van der Waals surface area contributed by atoms with Gasteiger partial charge in [0, 0.05) is 5.69 Å². The SMILES string of the molecule is COc1ccc(NC(=O)CS(=O)(=O)c2ccc3ccccc3c2)cc1. The van der Waals surface area contributed by atoms with Crippen molar-refractivity contribution in [3.8, 4) is 5.75 Å². The zero-order chi connectivity index (χ0) is 17.9. The van der Waals surface area contributed by atoms with E-state index >= 15 is 0 Å². The van der Waals surface area contributed by atoms with E-state index in [-0.39, 0.29) is 4.90 Å². The fourth-order valence-corrected chi connectivity index (χ4v) is 3.65. The second-order valence-corrected chi connectivity index (χ2v) is 7.53. The fourth-order valence-electron chi connectivity index (χ4n) is 2.49. The van der Waals surface area contributed by atoms with Crippen molar-refractivity contribution in [2.75, 3.05) is 18.2 Å². The van der Waals surface area contributed by atoms with Crippen LogP contribution in [0.3, 0.4) is 0 Å². The lowest BCUT2D eigenvalue weighted by atomic mass is 10.1. The zero-order valence-electron chi connectivity index (χ0n) is 13.6. The van der Waals surface area contributed by atoms with Gasteiger partial charge in [-0.2, -0.15) is 0 Å². The minimum atomic E-state index is -3.72. The number of carbonyl (C=O) groups is 1. The van der Waals surface area contributed by atoms with Crippen LogP contribution in [-0.4, -0.2) is 27.2 Å². The number of ether oxygens (including phenoxy) is 1. The predicted octanol–water partition coefficient (Wildman–Crippen LogP) is 3.26. The third kappa shape index (κ3) is 3.97. The summed E-state index contributed by atoms with van der Waals surface area (Å²) < 4.78 is 30.0. The summed E-state index contributed by atoms with van der Waals surface area (Å²) >= 11 is 0. The maximum absolute atomic E-state index is 12.5.